The van der Waals surface area contributed by atoms with Gasteiger partial charge in [-0.3, -0.25) is 0 Å². The maximum Gasteiger partial charge on any atom is 0.148 e. The molecule has 3 heteroatoms. The first kappa shape index (κ1) is 9.44. The molecule has 1 fully saturated rings. The Morgan fingerprint density at radius 1 is 1.36 bits per heavy atom. The highest BCUT2D eigenvalue weighted by Crippen LogP contribution is 2.25. The van der Waals surface area contributed by atoms with Crippen molar-refractivity contribution in [2.45, 2.75) is 38.6 Å². The van der Waals surface area contributed by atoms with E-state index in [9.17, 15) is 0 Å². The van der Waals surface area contributed by atoms with E-state index < -0.39 is 0 Å². The van der Waals surface area contributed by atoms with Gasteiger partial charge in [0.1, 0.15) is 5.82 Å². The summed E-state index contributed by atoms with van der Waals surface area (Å²) in [4.78, 5) is 0. The summed E-state index contributed by atoms with van der Waals surface area (Å²) in [5.41, 5.74) is 0. The van der Waals surface area contributed by atoms with Crippen LogP contribution in [0.1, 0.15) is 32.6 Å². The number of hydrogen-bond donors (Lipinski definition) is 1. The van der Waals surface area contributed by atoms with E-state index in [1.807, 2.05) is 12.1 Å². The second-order valence-electron chi connectivity index (χ2n) is 4.12. The lowest BCUT2D eigenvalue weighted by Crippen LogP contribution is -2.30. The van der Waals surface area contributed by atoms with E-state index in [4.69, 9.17) is 0 Å². The molecule has 1 heterocycles. The van der Waals surface area contributed by atoms with Crippen LogP contribution in [0.25, 0.3) is 0 Å². The van der Waals surface area contributed by atoms with Crippen molar-refractivity contribution in [2.24, 2.45) is 5.92 Å². The van der Waals surface area contributed by atoms with E-state index >= 15 is 0 Å². The molecule has 1 N–H and O–H groups in total. The highest BCUT2D eigenvalue weighted by atomic mass is 15.2. The molecule has 2 atom stereocenters. The minimum atomic E-state index is 0.584. The Kier molecular flexibility index (Phi) is 2.96. The van der Waals surface area contributed by atoms with Crippen molar-refractivity contribution in [3.8, 4) is 0 Å². The van der Waals surface area contributed by atoms with E-state index in [-0.39, 0.29) is 0 Å². The molecule has 1 aromatic rings. The van der Waals surface area contributed by atoms with Gasteiger partial charge in [-0.05, 0) is 30.9 Å². The maximum atomic E-state index is 4.05. The second-order valence-corrected chi connectivity index (χ2v) is 4.12. The third-order valence-corrected chi connectivity index (χ3v) is 3.02. The van der Waals surface area contributed by atoms with Crippen LogP contribution < -0.4 is 5.32 Å². The largest absolute Gasteiger partial charge is 0.366 e. The molecule has 1 aromatic heterocycles. The van der Waals surface area contributed by atoms with Gasteiger partial charge in [0.05, 0.1) is 0 Å². The molecule has 0 spiro atoms. The van der Waals surface area contributed by atoms with Crippen molar-refractivity contribution in [3.63, 3.8) is 0 Å². The van der Waals surface area contributed by atoms with Crippen LogP contribution in [-0.4, -0.2) is 16.2 Å². The molecule has 3 nitrogen and oxygen atoms in total. The molecule has 2 unspecified atom stereocenters. The number of hydrogen-bond acceptors (Lipinski definition) is 3. The zero-order valence-electron chi connectivity index (χ0n) is 8.61. The van der Waals surface area contributed by atoms with E-state index in [0.29, 0.717) is 6.04 Å². The smallest absolute Gasteiger partial charge is 0.148 e. The van der Waals surface area contributed by atoms with Crippen LogP contribution in [0.2, 0.25) is 0 Å². The summed E-state index contributed by atoms with van der Waals surface area (Å²) >= 11 is 0. The van der Waals surface area contributed by atoms with E-state index in [1.54, 1.807) is 6.20 Å². The van der Waals surface area contributed by atoms with E-state index in [1.165, 1.54) is 25.7 Å². The standard InChI is InChI=1S/C11H17N3/c1-9-5-2-3-6-10(9)13-11-7-4-8-12-14-11/h4,7-10H,2-3,5-6H2,1H3,(H,13,14). The molecular formula is C11H17N3. The predicted molar refractivity (Wildman–Crippen MR) is 57.1 cm³/mol. The van der Waals surface area contributed by atoms with Crippen molar-refractivity contribution in [2.75, 3.05) is 5.32 Å². The van der Waals surface area contributed by atoms with Gasteiger partial charge in [0, 0.05) is 12.2 Å². The van der Waals surface area contributed by atoms with E-state index in [2.05, 4.69) is 22.4 Å². The van der Waals surface area contributed by atoms with Gasteiger partial charge >= 0.3 is 0 Å². The summed E-state index contributed by atoms with van der Waals surface area (Å²) < 4.78 is 0. The SMILES string of the molecule is CC1CCCCC1Nc1cccnn1. The molecule has 0 aliphatic heterocycles. The lowest BCUT2D eigenvalue weighted by Gasteiger charge is -2.29. The summed E-state index contributed by atoms with van der Waals surface area (Å²) in [5, 5.41) is 11.4. The number of nitrogens with zero attached hydrogens (tertiary/aromatic N) is 2. The third-order valence-electron chi connectivity index (χ3n) is 3.02. The van der Waals surface area contributed by atoms with Crippen molar-refractivity contribution in [3.05, 3.63) is 18.3 Å². The highest BCUT2D eigenvalue weighted by molar-refractivity contribution is 5.33. The molecule has 0 bridgehead atoms. The molecule has 0 aromatic carbocycles. The molecule has 76 valence electrons. The van der Waals surface area contributed by atoms with Crippen LogP contribution >= 0.6 is 0 Å². The monoisotopic (exact) mass is 191 g/mol. The van der Waals surface area contributed by atoms with Crippen LogP contribution in [0.15, 0.2) is 18.3 Å². The van der Waals surface area contributed by atoms with Gasteiger partial charge in [0.25, 0.3) is 0 Å². The number of anilines is 1. The summed E-state index contributed by atoms with van der Waals surface area (Å²) in [5.74, 6) is 1.66. The zero-order valence-corrected chi connectivity index (χ0v) is 8.61. The Morgan fingerprint density at radius 3 is 2.93 bits per heavy atom. The van der Waals surface area contributed by atoms with Crippen molar-refractivity contribution in [1.82, 2.24) is 10.2 Å². The van der Waals surface area contributed by atoms with Gasteiger partial charge in [0.15, 0.2) is 0 Å². The first-order valence-electron chi connectivity index (χ1n) is 5.40. The Morgan fingerprint density at radius 2 is 2.21 bits per heavy atom. The molecule has 1 aliphatic rings. The molecule has 2 rings (SSSR count). The Labute approximate surface area is 84.9 Å². The average Bonchev–Trinajstić information content (AvgIpc) is 2.23. The average molecular weight is 191 g/mol. The third kappa shape index (κ3) is 2.22. The second kappa shape index (κ2) is 4.40. The Hall–Kier alpha value is -1.12. The van der Waals surface area contributed by atoms with Crippen molar-refractivity contribution < 1.29 is 0 Å². The normalized spacial score (nSPS) is 27.2. The fourth-order valence-electron chi connectivity index (χ4n) is 2.10. The number of rotatable bonds is 2. The molecular weight excluding hydrogens is 174 g/mol. The van der Waals surface area contributed by atoms with Gasteiger partial charge in [-0.25, -0.2) is 0 Å². The molecule has 14 heavy (non-hydrogen) atoms. The quantitative estimate of drug-likeness (QED) is 0.780. The summed E-state index contributed by atoms with van der Waals surface area (Å²) in [7, 11) is 0. The van der Waals surface area contributed by atoms with Crippen LogP contribution in [0.5, 0.6) is 0 Å². The Bertz CT molecular complexity index is 273. The molecule has 1 saturated carbocycles. The van der Waals surface area contributed by atoms with Gasteiger partial charge in [-0.15, -0.1) is 5.10 Å². The first-order valence-corrected chi connectivity index (χ1v) is 5.40. The fourth-order valence-corrected chi connectivity index (χ4v) is 2.10. The van der Waals surface area contributed by atoms with E-state index in [0.717, 1.165) is 11.7 Å². The van der Waals surface area contributed by atoms with Gasteiger partial charge in [-0.1, -0.05) is 19.8 Å². The summed E-state index contributed by atoms with van der Waals surface area (Å²) in [6.07, 6.45) is 7.01. The summed E-state index contributed by atoms with van der Waals surface area (Å²) in [6, 6.07) is 4.48. The molecule has 0 amide bonds. The molecule has 0 saturated heterocycles. The van der Waals surface area contributed by atoms with Crippen molar-refractivity contribution in [1.29, 1.82) is 0 Å². The predicted octanol–water partition coefficient (Wildman–Crippen LogP) is 2.47. The zero-order chi connectivity index (χ0) is 9.80. The fraction of sp³-hybridized carbons (Fsp3) is 0.636. The number of nitrogens with one attached hydrogen (secondary N) is 1. The molecule has 0 radical (unpaired) electrons. The lowest BCUT2D eigenvalue weighted by atomic mass is 9.86. The Balaban J connectivity index is 1.96. The highest BCUT2D eigenvalue weighted by Gasteiger charge is 2.20. The van der Waals surface area contributed by atoms with Gasteiger partial charge in [0.2, 0.25) is 0 Å². The van der Waals surface area contributed by atoms with Gasteiger partial charge < -0.3 is 5.32 Å². The van der Waals surface area contributed by atoms with Crippen molar-refractivity contribution >= 4 is 5.82 Å². The van der Waals surface area contributed by atoms with Crippen LogP contribution in [0.4, 0.5) is 5.82 Å². The first-order chi connectivity index (χ1) is 6.86. The summed E-state index contributed by atoms with van der Waals surface area (Å²) in [6.45, 7) is 2.31. The topological polar surface area (TPSA) is 37.8 Å². The van der Waals surface area contributed by atoms with Crippen LogP contribution in [0.3, 0.4) is 0 Å². The minimum absolute atomic E-state index is 0.584. The number of aromatic nitrogens is 2. The molecule has 1 aliphatic carbocycles. The maximum absolute atomic E-state index is 4.05. The van der Waals surface area contributed by atoms with Crippen LogP contribution in [0, 0.1) is 5.92 Å². The minimum Gasteiger partial charge on any atom is -0.366 e. The van der Waals surface area contributed by atoms with Crippen LogP contribution in [-0.2, 0) is 0 Å². The lowest BCUT2D eigenvalue weighted by molar-refractivity contribution is 0.349. The van der Waals surface area contributed by atoms with Gasteiger partial charge in [-0.2, -0.15) is 5.10 Å².